The number of nitrogens with one attached hydrogen (secondary N) is 1. The zero-order valence-electron chi connectivity index (χ0n) is 12.3. The van der Waals surface area contributed by atoms with E-state index in [4.69, 9.17) is 11.6 Å². The zero-order chi connectivity index (χ0) is 14.7. The molecule has 1 unspecified atom stereocenters. The van der Waals surface area contributed by atoms with Crippen molar-refractivity contribution in [2.24, 2.45) is 5.92 Å². The fourth-order valence-electron chi connectivity index (χ4n) is 2.14. The smallest absolute Gasteiger partial charge is 0.297 e. The van der Waals surface area contributed by atoms with E-state index in [1.807, 2.05) is 20.8 Å². The van der Waals surface area contributed by atoms with Gasteiger partial charge >= 0.3 is 5.69 Å². The predicted octanol–water partition coefficient (Wildman–Crippen LogP) is 3.31. The number of rotatable bonds is 5. The van der Waals surface area contributed by atoms with Crippen LogP contribution in [0.15, 0.2) is 9.59 Å². The lowest BCUT2D eigenvalue weighted by Crippen LogP contribution is -2.39. The summed E-state index contributed by atoms with van der Waals surface area (Å²) in [6.07, 6.45) is 1.78. The molecule has 19 heavy (non-hydrogen) atoms. The normalized spacial score (nSPS) is 13.3. The van der Waals surface area contributed by atoms with Crippen LogP contribution < -0.4 is 11.2 Å². The summed E-state index contributed by atoms with van der Waals surface area (Å²) in [7, 11) is 0. The number of aromatic nitrogens is 2. The summed E-state index contributed by atoms with van der Waals surface area (Å²) in [5, 5.41) is 0.164. The highest BCUT2D eigenvalue weighted by molar-refractivity contribution is 6.30. The minimum absolute atomic E-state index is 0.0135. The molecule has 0 saturated carbocycles. The van der Waals surface area contributed by atoms with Gasteiger partial charge < -0.3 is 0 Å². The number of halogens is 1. The summed E-state index contributed by atoms with van der Waals surface area (Å²) in [5.74, 6) is 0.537. The molecule has 0 saturated heterocycles. The molecule has 1 N–H and O–H groups in total. The summed E-state index contributed by atoms with van der Waals surface area (Å²) in [5.41, 5.74) is -0.201. The van der Waals surface area contributed by atoms with Gasteiger partial charge in [-0.25, -0.2) is 4.79 Å². The molecule has 1 rings (SSSR count). The largest absolute Gasteiger partial charge is 0.329 e. The van der Waals surface area contributed by atoms with E-state index in [1.165, 1.54) is 4.57 Å². The number of hydrogen-bond donors (Lipinski definition) is 1. The highest BCUT2D eigenvalue weighted by Gasteiger charge is 2.18. The van der Waals surface area contributed by atoms with Crippen LogP contribution in [0.3, 0.4) is 0 Å². The maximum absolute atomic E-state index is 12.4. The van der Waals surface area contributed by atoms with Crippen molar-refractivity contribution in [2.75, 3.05) is 0 Å². The van der Waals surface area contributed by atoms with E-state index in [1.54, 1.807) is 0 Å². The van der Waals surface area contributed by atoms with Crippen LogP contribution in [0.5, 0.6) is 0 Å². The second kappa shape index (κ2) is 6.42. The van der Waals surface area contributed by atoms with Gasteiger partial charge in [0.25, 0.3) is 5.56 Å². The zero-order valence-corrected chi connectivity index (χ0v) is 13.0. The Morgan fingerprint density at radius 3 is 2.16 bits per heavy atom. The first-order valence-electron chi connectivity index (χ1n) is 6.79. The second-order valence-corrected chi connectivity index (χ2v) is 6.19. The maximum Gasteiger partial charge on any atom is 0.329 e. The Bertz CT molecular complexity index is 543. The first-order valence-corrected chi connectivity index (χ1v) is 7.17. The highest BCUT2D eigenvalue weighted by atomic mass is 35.5. The van der Waals surface area contributed by atoms with E-state index in [9.17, 15) is 9.59 Å². The lowest BCUT2D eigenvalue weighted by Gasteiger charge is -2.17. The van der Waals surface area contributed by atoms with Crippen LogP contribution in [0.25, 0.3) is 0 Å². The summed E-state index contributed by atoms with van der Waals surface area (Å²) in [6, 6.07) is -0.117. The Hall–Kier alpha value is -1.03. The molecule has 0 amide bonds. The van der Waals surface area contributed by atoms with Crippen molar-refractivity contribution in [3.05, 3.63) is 31.6 Å². The number of H-pyrrole nitrogens is 1. The van der Waals surface area contributed by atoms with Crippen molar-refractivity contribution >= 4 is 11.6 Å². The molecule has 0 spiro atoms. The molecule has 1 atom stereocenters. The highest BCUT2D eigenvalue weighted by Crippen LogP contribution is 2.19. The van der Waals surface area contributed by atoms with Gasteiger partial charge in [0.15, 0.2) is 0 Å². The van der Waals surface area contributed by atoms with Crippen molar-refractivity contribution in [3.63, 3.8) is 0 Å². The molecule has 1 aromatic rings. The van der Waals surface area contributed by atoms with Crippen LogP contribution in [0.2, 0.25) is 5.15 Å². The average Bonchev–Trinajstić information content (AvgIpc) is 2.24. The standard InChI is InChI=1S/C14H23ClN2O2/c1-8(2)6-7-10(5)17-13(18)11(9(3)4)12(15)16-14(17)19/h8-10H,6-7H2,1-5H3,(H,16,19). The first-order chi connectivity index (χ1) is 8.75. The van der Waals surface area contributed by atoms with E-state index < -0.39 is 5.69 Å². The fourth-order valence-corrected chi connectivity index (χ4v) is 2.52. The summed E-state index contributed by atoms with van der Waals surface area (Å²) >= 11 is 5.97. The van der Waals surface area contributed by atoms with Gasteiger partial charge in [-0.1, -0.05) is 39.3 Å². The Morgan fingerprint density at radius 2 is 1.68 bits per heavy atom. The predicted molar refractivity (Wildman–Crippen MR) is 79.2 cm³/mol. The molecular weight excluding hydrogens is 264 g/mol. The van der Waals surface area contributed by atoms with E-state index in [0.717, 1.165) is 12.8 Å². The molecular formula is C14H23ClN2O2. The van der Waals surface area contributed by atoms with Crippen molar-refractivity contribution in [1.29, 1.82) is 0 Å². The molecule has 5 heteroatoms. The van der Waals surface area contributed by atoms with Crippen LogP contribution in [0.4, 0.5) is 0 Å². The molecule has 0 aliphatic heterocycles. The third-order valence-corrected chi connectivity index (χ3v) is 3.60. The first kappa shape index (κ1) is 16.0. The summed E-state index contributed by atoms with van der Waals surface area (Å²) in [6.45, 7) is 9.94. The molecule has 0 aliphatic rings. The van der Waals surface area contributed by atoms with Crippen molar-refractivity contribution < 1.29 is 0 Å². The Balaban J connectivity index is 3.25. The molecule has 0 bridgehead atoms. The van der Waals surface area contributed by atoms with Gasteiger partial charge in [-0.05, 0) is 31.6 Å². The van der Waals surface area contributed by atoms with Crippen molar-refractivity contribution in [1.82, 2.24) is 9.55 Å². The molecule has 0 aromatic carbocycles. The van der Waals surface area contributed by atoms with Gasteiger partial charge in [0, 0.05) is 6.04 Å². The van der Waals surface area contributed by atoms with E-state index >= 15 is 0 Å². The summed E-state index contributed by atoms with van der Waals surface area (Å²) < 4.78 is 1.30. The van der Waals surface area contributed by atoms with Crippen LogP contribution in [0, 0.1) is 5.92 Å². The third-order valence-electron chi connectivity index (χ3n) is 3.30. The minimum atomic E-state index is -0.421. The molecule has 1 heterocycles. The molecule has 1 aromatic heterocycles. The number of aromatic amines is 1. The lowest BCUT2D eigenvalue weighted by atomic mass is 10.0. The minimum Gasteiger partial charge on any atom is -0.297 e. The molecule has 0 aliphatic carbocycles. The van der Waals surface area contributed by atoms with Crippen LogP contribution in [-0.2, 0) is 0 Å². The average molecular weight is 287 g/mol. The topological polar surface area (TPSA) is 54.9 Å². The number of hydrogen-bond acceptors (Lipinski definition) is 2. The van der Waals surface area contributed by atoms with Gasteiger partial charge in [-0.15, -0.1) is 0 Å². The van der Waals surface area contributed by atoms with Crippen molar-refractivity contribution in [3.8, 4) is 0 Å². The van der Waals surface area contributed by atoms with Gasteiger partial charge in [0.05, 0.1) is 5.56 Å². The Morgan fingerprint density at radius 1 is 1.11 bits per heavy atom. The van der Waals surface area contributed by atoms with Crippen LogP contribution >= 0.6 is 11.6 Å². The van der Waals surface area contributed by atoms with Crippen molar-refractivity contribution in [2.45, 2.75) is 59.4 Å². The fraction of sp³-hybridized carbons (Fsp3) is 0.714. The second-order valence-electron chi connectivity index (χ2n) is 5.81. The monoisotopic (exact) mass is 286 g/mol. The SMILES string of the molecule is CC(C)CCC(C)n1c(=O)[nH]c(Cl)c(C(C)C)c1=O. The summed E-state index contributed by atoms with van der Waals surface area (Å²) in [4.78, 5) is 26.9. The molecule has 0 fully saturated rings. The van der Waals surface area contributed by atoms with Gasteiger partial charge in [0.2, 0.25) is 0 Å². The third kappa shape index (κ3) is 3.72. The molecule has 108 valence electrons. The Kier molecular flexibility index (Phi) is 5.41. The van der Waals surface area contributed by atoms with Gasteiger partial charge in [-0.3, -0.25) is 14.3 Å². The van der Waals surface area contributed by atoms with Gasteiger partial charge in [-0.2, -0.15) is 0 Å². The van der Waals surface area contributed by atoms with Crippen LogP contribution in [-0.4, -0.2) is 9.55 Å². The number of nitrogens with zero attached hydrogens (tertiary/aromatic N) is 1. The lowest BCUT2D eigenvalue weighted by molar-refractivity contribution is 0.416. The maximum atomic E-state index is 12.4. The quantitative estimate of drug-likeness (QED) is 0.844. The molecule has 0 radical (unpaired) electrons. The Labute approximate surface area is 118 Å². The van der Waals surface area contributed by atoms with Gasteiger partial charge in [0.1, 0.15) is 5.15 Å². The van der Waals surface area contributed by atoms with E-state index in [0.29, 0.717) is 11.5 Å². The molecule has 4 nitrogen and oxygen atoms in total. The van der Waals surface area contributed by atoms with E-state index in [2.05, 4.69) is 18.8 Å². The van der Waals surface area contributed by atoms with E-state index in [-0.39, 0.29) is 22.7 Å². The van der Waals surface area contributed by atoms with Crippen LogP contribution in [0.1, 0.15) is 65.0 Å².